The number of nitrogens with two attached hydrogens (primary N) is 1. The molecule has 5 heteroatoms. The largest absolute Gasteiger partial charge is 0.271 e. The van der Waals surface area contributed by atoms with Crippen molar-refractivity contribution in [2.24, 2.45) is 5.84 Å². The number of halogens is 1. The summed E-state index contributed by atoms with van der Waals surface area (Å²) in [7, 11) is 0. The third kappa shape index (κ3) is 2.35. The van der Waals surface area contributed by atoms with E-state index in [0.29, 0.717) is 0 Å². The Morgan fingerprint density at radius 3 is 2.94 bits per heavy atom. The van der Waals surface area contributed by atoms with E-state index in [1.54, 1.807) is 12.3 Å². The van der Waals surface area contributed by atoms with Gasteiger partial charge in [-0.05, 0) is 30.7 Å². The summed E-state index contributed by atoms with van der Waals surface area (Å²) in [6.45, 7) is 2.74. The van der Waals surface area contributed by atoms with Crippen molar-refractivity contribution in [3.05, 3.63) is 53.6 Å². The van der Waals surface area contributed by atoms with Gasteiger partial charge in [0.15, 0.2) is 0 Å². The Labute approximate surface area is 99.2 Å². The third-order valence-electron chi connectivity index (χ3n) is 2.69. The van der Waals surface area contributed by atoms with Crippen LogP contribution in [-0.2, 0) is 6.54 Å². The standard InChI is InChI=1S/C12H15FN4/c1-2-17-11(6-7-15-17)12(16-14)9-4-3-5-10(13)8-9/h3-8,12,16H,2,14H2,1H3. The normalized spacial score (nSPS) is 12.6. The minimum atomic E-state index is -0.273. The summed E-state index contributed by atoms with van der Waals surface area (Å²) in [6.07, 6.45) is 1.71. The van der Waals surface area contributed by atoms with E-state index in [1.165, 1.54) is 12.1 Å². The van der Waals surface area contributed by atoms with Gasteiger partial charge in [0.2, 0.25) is 0 Å². The van der Waals surface area contributed by atoms with Crippen LogP contribution in [0.1, 0.15) is 24.2 Å². The molecule has 0 saturated carbocycles. The van der Waals surface area contributed by atoms with Crippen LogP contribution in [0.4, 0.5) is 4.39 Å². The first-order valence-electron chi connectivity index (χ1n) is 5.49. The molecule has 1 atom stereocenters. The average Bonchev–Trinajstić information content (AvgIpc) is 2.78. The molecule has 0 aliphatic rings. The highest BCUT2D eigenvalue weighted by Gasteiger charge is 2.16. The topological polar surface area (TPSA) is 55.9 Å². The summed E-state index contributed by atoms with van der Waals surface area (Å²) in [5.74, 6) is 5.28. The number of rotatable bonds is 4. The minimum Gasteiger partial charge on any atom is -0.271 e. The highest BCUT2D eigenvalue weighted by atomic mass is 19.1. The van der Waals surface area contributed by atoms with Gasteiger partial charge in [0.1, 0.15) is 5.82 Å². The quantitative estimate of drug-likeness (QED) is 0.624. The number of nitrogens with zero attached hydrogens (tertiary/aromatic N) is 2. The number of nitrogens with one attached hydrogen (secondary N) is 1. The zero-order valence-electron chi connectivity index (χ0n) is 9.60. The number of hydrogen-bond donors (Lipinski definition) is 2. The van der Waals surface area contributed by atoms with Gasteiger partial charge in [0, 0.05) is 12.7 Å². The molecule has 0 aliphatic carbocycles. The molecule has 0 aliphatic heterocycles. The molecule has 0 spiro atoms. The van der Waals surface area contributed by atoms with Gasteiger partial charge in [-0.2, -0.15) is 5.10 Å². The van der Waals surface area contributed by atoms with E-state index in [4.69, 9.17) is 5.84 Å². The second kappa shape index (κ2) is 5.07. The van der Waals surface area contributed by atoms with Crippen LogP contribution in [0.5, 0.6) is 0 Å². The molecule has 0 fully saturated rings. The van der Waals surface area contributed by atoms with Gasteiger partial charge in [-0.1, -0.05) is 12.1 Å². The third-order valence-corrected chi connectivity index (χ3v) is 2.69. The van der Waals surface area contributed by atoms with Crippen LogP contribution in [-0.4, -0.2) is 9.78 Å². The summed E-state index contributed by atoms with van der Waals surface area (Å²) in [6, 6.07) is 8.00. The number of aromatic nitrogens is 2. The lowest BCUT2D eigenvalue weighted by Crippen LogP contribution is -2.30. The molecular formula is C12H15FN4. The molecule has 0 amide bonds. The van der Waals surface area contributed by atoms with Crippen molar-refractivity contribution in [1.82, 2.24) is 15.2 Å². The van der Waals surface area contributed by atoms with E-state index >= 15 is 0 Å². The first-order chi connectivity index (χ1) is 8.26. The summed E-state index contributed by atoms with van der Waals surface area (Å²) in [5, 5.41) is 4.18. The van der Waals surface area contributed by atoms with Crippen molar-refractivity contribution in [2.75, 3.05) is 0 Å². The van der Waals surface area contributed by atoms with Crippen molar-refractivity contribution in [2.45, 2.75) is 19.5 Å². The van der Waals surface area contributed by atoms with E-state index in [0.717, 1.165) is 17.8 Å². The van der Waals surface area contributed by atoms with Crippen LogP contribution >= 0.6 is 0 Å². The van der Waals surface area contributed by atoms with Crippen molar-refractivity contribution >= 4 is 0 Å². The highest BCUT2D eigenvalue weighted by molar-refractivity contribution is 5.27. The van der Waals surface area contributed by atoms with Crippen LogP contribution in [0.3, 0.4) is 0 Å². The molecule has 2 rings (SSSR count). The fraction of sp³-hybridized carbons (Fsp3) is 0.250. The molecular weight excluding hydrogens is 219 g/mol. The molecule has 0 bridgehead atoms. The summed E-state index contributed by atoms with van der Waals surface area (Å²) >= 11 is 0. The van der Waals surface area contributed by atoms with E-state index in [9.17, 15) is 4.39 Å². The van der Waals surface area contributed by atoms with Gasteiger partial charge >= 0.3 is 0 Å². The molecule has 0 radical (unpaired) electrons. The van der Waals surface area contributed by atoms with E-state index in [-0.39, 0.29) is 11.9 Å². The predicted molar refractivity (Wildman–Crippen MR) is 63.5 cm³/mol. The average molecular weight is 234 g/mol. The monoisotopic (exact) mass is 234 g/mol. The van der Waals surface area contributed by atoms with Crippen LogP contribution in [0.15, 0.2) is 36.5 Å². The molecule has 17 heavy (non-hydrogen) atoms. The van der Waals surface area contributed by atoms with Crippen molar-refractivity contribution in [1.29, 1.82) is 0 Å². The maximum absolute atomic E-state index is 13.2. The molecule has 1 aromatic carbocycles. The first-order valence-corrected chi connectivity index (χ1v) is 5.49. The van der Waals surface area contributed by atoms with Crippen molar-refractivity contribution in [3.8, 4) is 0 Å². The number of benzene rings is 1. The van der Waals surface area contributed by atoms with E-state index in [2.05, 4.69) is 10.5 Å². The summed E-state index contributed by atoms with van der Waals surface area (Å²) in [5.41, 5.74) is 4.39. The predicted octanol–water partition coefficient (Wildman–Crippen LogP) is 1.59. The zero-order valence-corrected chi connectivity index (χ0v) is 9.60. The Morgan fingerprint density at radius 1 is 1.47 bits per heavy atom. The lowest BCUT2D eigenvalue weighted by Gasteiger charge is -2.17. The fourth-order valence-corrected chi connectivity index (χ4v) is 1.89. The maximum atomic E-state index is 13.2. The highest BCUT2D eigenvalue weighted by Crippen LogP contribution is 2.21. The van der Waals surface area contributed by atoms with Gasteiger partial charge in [0.05, 0.1) is 11.7 Å². The van der Waals surface area contributed by atoms with Gasteiger partial charge in [-0.3, -0.25) is 10.5 Å². The summed E-state index contributed by atoms with van der Waals surface area (Å²) < 4.78 is 15.0. The Morgan fingerprint density at radius 2 is 2.29 bits per heavy atom. The second-order valence-corrected chi connectivity index (χ2v) is 3.73. The van der Waals surface area contributed by atoms with Gasteiger partial charge in [-0.25, -0.2) is 9.82 Å². The Balaban J connectivity index is 2.40. The molecule has 1 heterocycles. The van der Waals surface area contributed by atoms with E-state index in [1.807, 2.05) is 23.7 Å². The number of hydrogen-bond acceptors (Lipinski definition) is 3. The molecule has 4 nitrogen and oxygen atoms in total. The lowest BCUT2D eigenvalue weighted by atomic mass is 10.0. The van der Waals surface area contributed by atoms with Crippen LogP contribution < -0.4 is 11.3 Å². The first kappa shape index (κ1) is 11.8. The van der Waals surface area contributed by atoms with Gasteiger partial charge < -0.3 is 0 Å². The Kier molecular flexibility index (Phi) is 3.51. The van der Waals surface area contributed by atoms with Gasteiger partial charge in [0.25, 0.3) is 0 Å². The number of aryl methyl sites for hydroxylation is 1. The Hall–Kier alpha value is -1.72. The second-order valence-electron chi connectivity index (χ2n) is 3.73. The lowest BCUT2D eigenvalue weighted by molar-refractivity contribution is 0.539. The van der Waals surface area contributed by atoms with Crippen LogP contribution in [0.2, 0.25) is 0 Å². The van der Waals surface area contributed by atoms with Crippen molar-refractivity contribution < 1.29 is 4.39 Å². The smallest absolute Gasteiger partial charge is 0.123 e. The van der Waals surface area contributed by atoms with Gasteiger partial charge in [-0.15, -0.1) is 0 Å². The minimum absolute atomic E-state index is 0.256. The number of hydrazine groups is 1. The van der Waals surface area contributed by atoms with Crippen LogP contribution in [0.25, 0.3) is 0 Å². The fourth-order valence-electron chi connectivity index (χ4n) is 1.89. The zero-order chi connectivity index (χ0) is 12.3. The Bertz CT molecular complexity index is 495. The molecule has 1 unspecified atom stereocenters. The SMILES string of the molecule is CCn1nccc1C(NN)c1cccc(F)c1. The molecule has 2 aromatic rings. The molecule has 3 N–H and O–H groups in total. The summed E-state index contributed by atoms with van der Waals surface area (Å²) in [4.78, 5) is 0. The van der Waals surface area contributed by atoms with Crippen LogP contribution in [0, 0.1) is 5.82 Å². The molecule has 0 saturated heterocycles. The molecule has 90 valence electrons. The van der Waals surface area contributed by atoms with Crippen molar-refractivity contribution in [3.63, 3.8) is 0 Å². The van der Waals surface area contributed by atoms with E-state index < -0.39 is 0 Å². The maximum Gasteiger partial charge on any atom is 0.123 e. The molecule has 1 aromatic heterocycles.